The maximum absolute atomic E-state index is 13.0. The lowest BCUT2D eigenvalue weighted by molar-refractivity contribution is -0.139. The van der Waals surface area contributed by atoms with Crippen LogP contribution in [0.2, 0.25) is 0 Å². The van der Waals surface area contributed by atoms with E-state index in [4.69, 9.17) is 5.26 Å². The molecule has 0 spiro atoms. The summed E-state index contributed by atoms with van der Waals surface area (Å²) in [6.07, 6.45) is -4.92. The van der Waals surface area contributed by atoms with Gasteiger partial charge in [-0.05, 0) is 29.8 Å². The SMILES string of the molecule is N#Cc1cccc(C[C@H](NC(=O)c2ccccc2C(F)(F)F)C(=O)O)c1. The van der Waals surface area contributed by atoms with Gasteiger partial charge in [0.1, 0.15) is 6.04 Å². The van der Waals surface area contributed by atoms with Crippen LogP contribution >= 0.6 is 0 Å². The molecule has 0 aliphatic carbocycles. The van der Waals surface area contributed by atoms with E-state index in [1.54, 1.807) is 12.1 Å². The highest BCUT2D eigenvalue weighted by Crippen LogP contribution is 2.31. The van der Waals surface area contributed by atoms with E-state index in [0.29, 0.717) is 11.1 Å². The van der Waals surface area contributed by atoms with Crippen molar-refractivity contribution in [1.29, 1.82) is 5.26 Å². The van der Waals surface area contributed by atoms with Gasteiger partial charge in [0.05, 0.1) is 22.8 Å². The average molecular weight is 362 g/mol. The van der Waals surface area contributed by atoms with Crippen LogP contribution < -0.4 is 5.32 Å². The Hall–Kier alpha value is -3.34. The Bertz CT molecular complexity index is 872. The van der Waals surface area contributed by atoms with Crippen LogP contribution in [0.15, 0.2) is 48.5 Å². The maximum atomic E-state index is 13.0. The van der Waals surface area contributed by atoms with Crippen LogP contribution in [0.5, 0.6) is 0 Å². The number of hydrogen-bond donors (Lipinski definition) is 2. The van der Waals surface area contributed by atoms with Crippen LogP contribution in [0.25, 0.3) is 0 Å². The fourth-order valence-corrected chi connectivity index (χ4v) is 2.37. The molecule has 0 bridgehead atoms. The summed E-state index contributed by atoms with van der Waals surface area (Å²) < 4.78 is 39.0. The fraction of sp³-hybridized carbons (Fsp3) is 0.167. The van der Waals surface area contributed by atoms with Gasteiger partial charge in [-0.25, -0.2) is 4.79 Å². The predicted molar refractivity (Wildman–Crippen MR) is 85.2 cm³/mol. The van der Waals surface area contributed by atoms with Gasteiger partial charge < -0.3 is 10.4 Å². The third kappa shape index (κ3) is 4.60. The topological polar surface area (TPSA) is 90.2 Å². The van der Waals surface area contributed by atoms with Crippen LogP contribution in [0.4, 0.5) is 13.2 Å². The van der Waals surface area contributed by atoms with E-state index < -0.39 is 35.2 Å². The molecule has 0 aliphatic heterocycles. The minimum absolute atomic E-state index is 0.176. The normalized spacial score (nSPS) is 12.1. The summed E-state index contributed by atoms with van der Waals surface area (Å²) in [6, 6.07) is 10.7. The Labute approximate surface area is 146 Å². The summed E-state index contributed by atoms with van der Waals surface area (Å²) in [5.74, 6) is -2.54. The van der Waals surface area contributed by atoms with Crippen LogP contribution in [0.3, 0.4) is 0 Å². The quantitative estimate of drug-likeness (QED) is 0.856. The van der Waals surface area contributed by atoms with E-state index in [2.05, 4.69) is 5.32 Å². The first-order valence-electron chi connectivity index (χ1n) is 7.41. The van der Waals surface area contributed by atoms with Gasteiger partial charge in [-0.15, -0.1) is 0 Å². The molecule has 134 valence electrons. The zero-order valence-electron chi connectivity index (χ0n) is 13.2. The summed E-state index contributed by atoms with van der Waals surface area (Å²) in [5.41, 5.74) is -1.04. The second-order valence-corrected chi connectivity index (χ2v) is 5.42. The molecule has 1 atom stereocenters. The fourth-order valence-electron chi connectivity index (χ4n) is 2.37. The standard InChI is InChI=1S/C18H13F3N2O3/c19-18(20,21)14-7-2-1-6-13(14)16(24)23-15(17(25)26)9-11-4-3-5-12(8-11)10-22/h1-8,15H,9H2,(H,23,24)(H,25,26)/t15-/m0/s1. The zero-order chi connectivity index (χ0) is 19.3. The number of hydrogen-bond acceptors (Lipinski definition) is 3. The molecule has 5 nitrogen and oxygen atoms in total. The first-order chi connectivity index (χ1) is 12.2. The molecule has 0 saturated carbocycles. The maximum Gasteiger partial charge on any atom is 0.417 e. The van der Waals surface area contributed by atoms with Gasteiger partial charge in [-0.1, -0.05) is 24.3 Å². The number of nitriles is 1. The van der Waals surface area contributed by atoms with Gasteiger partial charge in [0.25, 0.3) is 5.91 Å². The molecule has 2 aromatic rings. The highest BCUT2D eigenvalue weighted by atomic mass is 19.4. The molecular weight excluding hydrogens is 349 g/mol. The van der Waals surface area contributed by atoms with Gasteiger partial charge in [-0.3, -0.25) is 4.79 Å². The Balaban J connectivity index is 2.24. The Morgan fingerprint density at radius 2 is 1.85 bits per heavy atom. The van der Waals surface area contributed by atoms with Crippen LogP contribution in [0.1, 0.15) is 27.0 Å². The second kappa shape index (κ2) is 7.70. The first kappa shape index (κ1) is 19.0. The number of rotatable bonds is 5. The third-order valence-electron chi connectivity index (χ3n) is 3.58. The van der Waals surface area contributed by atoms with Crippen molar-refractivity contribution < 1.29 is 27.9 Å². The molecule has 26 heavy (non-hydrogen) atoms. The molecule has 0 heterocycles. The van der Waals surface area contributed by atoms with Crippen molar-refractivity contribution in [2.45, 2.75) is 18.6 Å². The number of carbonyl (C=O) groups is 2. The molecule has 2 N–H and O–H groups in total. The van der Waals surface area contributed by atoms with Gasteiger partial charge in [0.2, 0.25) is 0 Å². The van der Waals surface area contributed by atoms with E-state index in [0.717, 1.165) is 18.2 Å². The number of nitrogens with one attached hydrogen (secondary N) is 1. The van der Waals surface area contributed by atoms with Gasteiger partial charge in [0.15, 0.2) is 0 Å². The third-order valence-corrected chi connectivity index (χ3v) is 3.58. The Kier molecular flexibility index (Phi) is 5.62. The Morgan fingerprint density at radius 1 is 1.15 bits per heavy atom. The highest BCUT2D eigenvalue weighted by Gasteiger charge is 2.35. The number of carboxylic acid groups (broad SMARTS) is 1. The summed E-state index contributed by atoms with van der Waals surface area (Å²) in [5, 5.41) is 20.3. The number of aliphatic carboxylic acids is 1. The lowest BCUT2D eigenvalue weighted by atomic mass is 10.0. The van der Waals surface area contributed by atoms with Crippen molar-refractivity contribution in [2.75, 3.05) is 0 Å². The number of nitrogens with zero attached hydrogens (tertiary/aromatic N) is 1. The number of carbonyl (C=O) groups excluding carboxylic acids is 1. The molecular formula is C18H13F3N2O3. The van der Waals surface area contributed by atoms with Crippen LogP contribution in [-0.4, -0.2) is 23.0 Å². The Morgan fingerprint density at radius 3 is 2.46 bits per heavy atom. The number of benzene rings is 2. The van der Waals surface area contributed by atoms with E-state index in [-0.39, 0.29) is 6.42 Å². The average Bonchev–Trinajstić information content (AvgIpc) is 2.60. The van der Waals surface area contributed by atoms with Crippen LogP contribution in [-0.2, 0) is 17.4 Å². The zero-order valence-corrected chi connectivity index (χ0v) is 13.2. The minimum Gasteiger partial charge on any atom is -0.480 e. The van der Waals surface area contributed by atoms with Crippen molar-refractivity contribution >= 4 is 11.9 Å². The van der Waals surface area contributed by atoms with Crippen molar-refractivity contribution in [2.24, 2.45) is 0 Å². The smallest absolute Gasteiger partial charge is 0.417 e. The minimum atomic E-state index is -4.74. The monoisotopic (exact) mass is 362 g/mol. The molecule has 0 aromatic heterocycles. The van der Waals surface area contributed by atoms with E-state index in [1.807, 2.05) is 6.07 Å². The second-order valence-electron chi connectivity index (χ2n) is 5.42. The molecule has 8 heteroatoms. The van der Waals surface area contributed by atoms with Crippen molar-refractivity contribution in [1.82, 2.24) is 5.32 Å². The van der Waals surface area contributed by atoms with Crippen LogP contribution in [0, 0.1) is 11.3 Å². The van der Waals surface area contributed by atoms with Gasteiger partial charge in [0, 0.05) is 6.42 Å². The number of amides is 1. The largest absolute Gasteiger partial charge is 0.480 e. The van der Waals surface area contributed by atoms with Gasteiger partial charge >= 0.3 is 12.1 Å². The molecule has 2 rings (SSSR count). The highest BCUT2D eigenvalue weighted by molar-refractivity contribution is 5.98. The summed E-state index contributed by atoms with van der Waals surface area (Å²) in [6.45, 7) is 0. The number of halogens is 3. The number of carboxylic acids is 1. The molecule has 0 aliphatic rings. The molecule has 0 fully saturated rings. The predicted octanol–water partition coefficient (Wildman–Crippen LogP) is 3.00. The molecule has 0 radical (unpaired) electrons. The van der Waals surface area contributed by atoms with E-state index >= 15 is 0 Å². The molecule has 2 aromatic carbocycles. The number of alkyl halides is 3. The summed E-state index contributed by atoms with van der Waals surface area (Å²) >= 11 is 0. The summed E-state index contributed by atoms with van der Waals surface area (Å²) in [7, 11) is 0. The van der Waals surface area contributed by atoms with Crippen molar-refractivity contribution in [3.05, 3.63) is 70.8 Å². The first-order valence-corrected chi connectivity index (χ1v) is 7.41. The van der Waals surface area contributed by atoms with E-state index in [9.17, 15) is 27.9 Å². The molecule has 1 amide bonds. The molecule has 0 saturated heterocycles. The van der Waals surface area contributed by atoms with E-state index in [1.165, 1.54) is 18.2 Å². The molecule has 0 unspecified atom stereocenters. The lowest BCUT2D eigenvalue weighted by Crippen LogP contribution is -2.42. The summed E-state index contributed by atoms with van der Waals surface area (Å²) in [4.78, 5) is 23.6. The van der Waals surface area contributed by atoms with Gasteiger partial charge in [-0.2, -0.15) is 18.4 Å². The lowest BCUT2D eigenvalue weighted by Gasteiger charge is -2.17. The van der Waals surface area contributed by atoms with Crippen molar-refractivity contribution in [3.8, 4) is 6.07 Å². The van der Waals surface area contributed by atoms with Crippen molar-refractivity contribution in [3.63, 3.8) is 0 Å².